The summed E-state index contributed by atoms with van der Waals surface area (Å²) in [7, 11) is 0. The quantitative estimate of drug-likeness (QED) is 0.115. The molecule has 0 N–H and O–H groups in total. The standard InChI is InChI=1S/C38H58N2/c1-4-6-8-10-11-12-13-14-15-16-24-31-40-32-30-39-37(40)36(29-23-9-7-5-2)38(3,35-27-21-18-22-28-35)33-34-25-19-17-20-26-34/h17-22,25-28,30,32,36H,4-16,23-24,29,31,33H2,1-3H3. The van der Waals surface area contributed by atoms with Crippen LogP contribution < -0.4 is 0 Å². The molecule has 2 unspecified atom stereocenters. The summed E-state index contributed by atoms with van der Waals surface area (Å²) in [6.07, 6.45) is 26.9. The summed E-state index contributed by atoms with van der Waals surface area (Å²) in [6, 6.07) is 22.4. The van der Waals surface area contributed by atoms with Gasteiger partial charge >= 0.3 is 0 Å². The topological polar surface area (TPSA) is 17.8 Å². The summed E-state index contributed by atoms with van der Waals surface area (Å²) >= 11 is 0. The summed E-state index contributed by atoms with van der Waals surface area (Å²) in [5.41, 5.74) is 2.83. The van der Waals surface area contributed by atoms with E-state index in [9.17, 15) is 0 Å². The maximum absolute atomic E-state index is 5.08. The summed E-state index contributed by atoms with van der Waals surface area (Å²) in [5, 5.41) is 0. The van der Waals surface area contributed by atoms with Crippen molar-refractivity contribution >= 4 is 0 Å². The normalized spacial score (nSPS) is 13.8. The Morgan fingerprint density at radius 1 is 0.650 bits per heavy atom. The Morgan fingerprint density at radius 2 is 1.18 bits per heavy atom. The van der Waals surface area contributed by atoms with Gasteiger partial charge in [-0.2, -0.15) is 0 Å². The number of aromatic nitrogens is 2. The van der Waals surface area contributed by atoms with Crippen molar-refractivity contribution in [1.82, 2.24) is 9.55 Å². The maximum Gasteiger partial charge on any atom is 0.112 e. The summed E-state index contributed by atoms with van der Waals surface area (Å²) < 4.78 is 2.50. The number of benzene rings is 2. The van der Waals surface area contributed by atoms with Gasteiger partial charge < -0.3 is 4.57 Å². The highest BCUT2D eigenvalue weighted by Gasteiger charge is 2.39. The van der Waals surface area contributed by atoms with E-state index in [1.807, 2.05) is 0 Å². The lowest BCUT2D eigenvalue weighted by molar-refractivity contribution is 0.322. The van der Waals surface area contributed by atoms with Crippen molar-refractivity contribution in [3.05, 3.63) is 90.0 Å². The lowest BCUT2D eigenvalue weighted by Crippen LogP contribution is -2.35. The van der Waals surface area contributed by atoms with Crippen molar-refractivity contribution in [3.63, 3.8) is 0 Å². The Labute approximate surface area is 247 Å². The van der Waals surface area contributed by atoms with Crippen LogP contribution in [0.4, 0.5) is 0 Å². The molecule has 3 aromatic rings. The lowest BCUT2D eigenvalue weighted by atomic mass is 9.66. The zero-order valence-electron chi connectivity index (χ0n) is 26.1. The van der Waals surface area contributed by atoms with Gasteiger partial charge in [0.15, 0.2) is 0 Å². The Balaban J connectivity index is 1.68. The largest absolute Gasteiger partial charge is 0.335 e. The molecule has 0 saturated carbocycles. The molecule has 1 aromatic heterocycles. The predicted octanol–water partition coefficient (Wildman–Crippen LogP) is 11.4. The summed E-state index contributed by atoms with van der Waals surface area (Å²) in [5.74, 6) is 1.68. The van der Waals surface area contributed by atoms with E-state index in [2.05, 4.69) is 98.4 Å². The molecular formula is C38H58N2. The third kappa shape index (κ3) is 10.6. The van der Waals surface area contributed by atoms with E-state index >= 15 is 0 Å². The molecule has 2 aromatic carbocycles. The molecule has 0 saturated heterocycles. The average Bonchev–Trinajstić information content (AvgIpc) is 3.44. The molecule has 0 aliphatic rings. The van der Waals surface area contributed by atoms with Crippen molar-refractivity contribution in [2.75, 3.05) is 0 Å². The van der Waals surface area contributed by atoms with E-state index in [4.69, 9.17) is 4.98 Å². The second kappa shape index (κ2) is 18.9. The van der Waals surface area contributed by atoms with E-state index in [0.29, 0.717) is 5.92 Å². The minimum absolute atomic E-state index is 0.0188. The molecule has 0 fully saturated rings. The van der Waals surface area contributed by atoms with Crippen molar-refractivity contribution in [1.29, 1.82) is 0 Å². The minimum Gasteiger partial charge on any atom is -0.335 e. The molecule has 0 aliphatic heterocycles. The monoisotopic (exact) mass is 542 g/mol. The van der Waals surface area contributed by atoms with E-state index in [-0.39, 0.29) is 5.41 Å². The molecular weight excluding hydrogens is 484 g/mol. The fourth-order valence-corrected chi connectivity index (χ4v) is 6.54. The van der Waals surface area contributed by atoms with Crippen LogP contribution in [0.2, 0.25) is 0 Å². The van der Waals surface area contributed by atoms with Gasteiger partial charge in [-0.05, 0) is 30.4 Å². The molecule has 0 spiro atoms. The fourth-order valence-electron chi connectivity index (χ4n) is 6.54. The SMILES string of the molecule is CCCCCCCCCCCCCn1ccnc1C(CCCCCC)C(C)(Cc1ccccc1)c1ccccc1. The molecule has 220 valence electrons. The molecule has 0 amide bonds. The summed E-state index contributed by atoms with van der Waals surface area (Å²) in [6.45, 7) is 8.20. The number of hydrogen-bond donors (Lipinski definition) is 0. The van der Waals surface area contributed by atoms with Crippen LogP contribution in [-0.2, 0) is 18.4 Å². The summed E-state index contributed by atoms with van der Waals surface area (Å²) in [4.78, 5) is 5.08. The first-order valence-electron chi connectivity index (χ1n) is 16.8. The van der Waals surface area contributed by atoms with Gasteiger partial charge in [0.05, 0.1) is 0 Å². The van der Waals surface area contributed by atoms with Crippen LogP contribution in [-0.4, -0.2) is 9.55 Å². The molecule has 3 rings (SSSR count). The molecule has 2 heteroatoms. The first kappa shape index (κ1) is 32.2. The zero-order valence-corrected chi connectivity index (χ0v) is 26.1. The average molecular weight is 543 g/mol. The van der Waals surface area contributed by atoms with Crippen molar-refractivity contribution < 1.29 is 0 Å². The first-order chi connectivity index (χ1) is 19.7. The van der Waals surface area contributed by atoms with Crippen LogP contribution in [0.25, 0.3) is 0 Å². The number of nitrogens with zero attached hydrogens (tertiary/aromatic N) is 2. The van der Waals surface area contributed by atoms with Gasteiger partial charge in [-0.3, -0.25) is 0 Å². The van der Waals surface area contributed by atoms with Crippen LogP contribution >= 0.6 is 0 Å². The number of imidazole rings is 1. The number of aryl methyl sites for hydroxylation is 1. The number of hydrogen-bond acceptors (Lipinski definition) is 1. The number of rotatable bonds is 22. The molecule has 2 nitrogen and oxygen atoms in total. The molecule has 40 heavy (non-hydrogen) atoms. The predicted molar refractivity (Wildman–Crippen MR) is 174 cm³/mol. The minimum atomic E-state index is -0.0188. The highest BCUT2D eigenvalue weighted by molar-refractivity contribution is 5.33. The second-order valence-corrected chi connectivity index (χ2v) is 12.4. The molecule has 1 heterocycles. The van der Waals surface area contributed by atoms with Gasteiger partial charge in [-0.1, -0.05) is 171 Å². The van der Waals surface area contributed by atoms with E-state index in [1.54, 1.807) is 0 Å². The van der Waals surface area contributed by atoms with Gasteiger partial charge in [0.25, 0.3) is 0 Å². The van der Waals surface area contributed by atoms with Crippen LogP contribution in [0.1, 0.15) is 146 Å². The Bertz CT molecular complexity index is 1010. The highest BCUT2D eigenvalue weighted by atomic mass is 15.1. The van der Waals surface area contributed by atoms with E-state index < -0.39 is 0 Å². The number of unbranched alkanes of at least 4 members (excludes halogenated alkanes) is 13. The Morgan fingerprint density at radius 3 is 1.77 bits per heavy atom. The van der Waals surface area contributed by atoms with Crippen LogP contribution in [0.3, 0.4) is 0 Å². The third-order valence-electron chi connectivity index (χ3n) is 9.02. The van der Waals surface area contributed by atoms with Crippen LogP contribution in [0.5, 0.6) is 0 Å². The maximum atomic E-state index is 5.08. The second-order valence-electron chi connectivity index (χ2n) is 12.4. The lowest BCUT2D eigenvalue weighted by Gasteiger charge is -2.39. The van der Waals surface area contributed by atoms with Crippen molar-refractivity contribution in [3.8, 4) is 0 Å². The molecule has 0 bridgehead atoms. The van der Waals surface area contributed by atoms with Crippen molar-refractivity contribution in [2.24, 2.45) is 0 Å². The van der Waals surface area contributed by atoms with Gasteiger partial charge in [-0.25, -0.2) is 4.98 Å². The fraction of sp³-hybridized carbons (Fsp3) is 0.605. The van der Waals surface area contributed by atoms with E-state index in [1.165, 1.54) is 120 Å². The first-order valence-corrected chi connectivity index (χ1v) is 16.8. The highest BCUT2D eigenvalue weighted by Crippen LogP contribution is 2.44. The smallest absolute Gasteiger partial charge is 0.112 e. The Hall–Kier alpha value is -2.35. The van der Waals surface area contributed by atoms with Crippen molar-refractivity contribution in [2.45, 2.75) is 148 Å². The van der Waals surface area contributed by atoms with Gasteiger partial charge in [0, 0.05) is 30.3 Å². The van der Waals surface area contributed by atoms with Gasteiger partial charge in [-0.15, -0.1) is 0 Å². The van der Waals surface area contributed by atoms with E-state index in [0.717, 1.165) is 13.0 Å². The van der Waals surface area contributed by atoms with Gasteiger partial charge in [0.1, 0.15) is 5.82 Å². The van der Waals surface area contributed by atoms with Gasteiger partial charge in [0.2, 0.25) is 0 Å². The van der Waals surface area contributed by atoms with Crippen LogP contribution in [0.15, 0.2) is 73.1 Å². The third-order valence-corrected chi connectivity index (χ3v) is 9.02. The molecule has 0 radical (unpaired) electrons. The van der Waals surface area contributed by atoms with Crippen LogP contribution in [0, 0.1) is 0 Å². The zero-order chi connectivity index (χ0) is 28.3. The molecule has 2 atom stereocenters. The molecule has 0 aliphatic carbocycles. The Kier molecular flexibility index (Phi) is 15.2.